The van der Waals surface area contributed by atoms with E-state index in [1.807, 2.05) is 6.07 Å². The molecule has 1 aromatic rings. The largest absolute Gasteiger partial charge is 0.372 e. The predicted octanol–water partition coefficient (Wildman–Crippen LogP) is 5.52. The van der Waals surface area contributed by atoms with Gasteiger partial charge in [-0.05, 0) is 49.6 Å². The first-order valence-corrected chi connectivity index (χ1v) is 11.1. The van der Waals surface area contributed by atoms with Gasteiger partial charge in [0.15, 0.2) is 17.5 Å². The van der Waals surface area contributed by atoms with E-state index in [1.165, 1.54) is 0 Å². The quantitative estimate of drug-likeness (QED) is 0.486. The molecule has 0 atom stereocenters. The van der Waals surface area contributed by atoms with Crippen molar-refractivity contribution in [2.45, 2.75) is 34.4 Å². The molecule has 1 heterocycles. The molecule has 3 N–H and O–H groups in total. The third kappa shape index (κ3) is 6.79. The molecule has 1 aliphatic heterocycles. The van der Waals surface area contributed by atoms with Crippen molar-refractivity contribution in [3.8, 4) is 0 Å². The Hall–Kier alpha value is -0.400. The Kier molecular flexibility index (Phi) is 8.81. The molecular formula is C18H21Cl6N5. The van der Waals surface area contributed by atoms with Crippen LogP contribution in [0.4, 0.5) is 5.69 Å². The molecular weight excluding hydrogens is 499 g/mol. The Morgan fingerprint density at radius 3 is 1.97 bits per heavy atom. The van der Waals surface area contributed by atoms with Crippen molar-refractivity contribution in [2.24, 2.45) is 15.7 Å². The monoisotopic (exact) mass is 517 g/mol. The van der Waals surface area contributed by atoms with Gasteiger partial charge in [-0.3, -0.25) is 0 Å². The van der Waals surface area contributed by atoms with Crippen molar-refractivity contribution >= 4 is 87.0 Å². The maximum absolute atomic E-state index is 5.96. The van der Waals surface area contributed by atoms with Gasteiger partial charge in [0, 0.05) is 25.3 Å². The van der Waals surface area contributed by atoms with Crippen LogP contribution in [0.15, 0.2) is 40.1 Å². The van der Waals surface area contributed by atoms with Crippen LogP contribution in [0.3, 0.4) is 0 Å². The SMILES string of the molecule is CCN(CC)c1ccc(CC=C2N=C(C(Cl)(Cl)Cl)NC(C(Cl)(Cl)Cl)=N2)c(CN)c1. The minimum absolute atomic E-state index is 0.000930. The number of nitrogens with one attached hydrogen (secondary N) is 1. The molecule has 0 unspecified atom stereocenters. The van der Waals surface area contributed by atoms with Crippen LogP contribution in [0.25, 0.3) is 0 Å². The smallest absolute Gasteiger partial charge is 0.248 e. The number of nitrogens with two attached hydrogens (primary N) is 1. The fourth-order valence-corrected chi connectivity index (χ4v) is 3.31. The van der Waals surface area contributed by atoms with Crippen LogP contribution in [0.1, 0.15) is 25.0 Å². The molecule has 0 spiro atoms. The van der Waals surface area contributed by atoms with Crippen molar-refractivity contribution in [1.82, 2.24) is 5.32 Å². The van der Waals surface area contributed by atoms with Gasteiger partial charge in [-0.25, -0.2) is 9.98 Å². The van der Waals surface area contributed by atoms with E-state index >= 15 is 0 Å². The number of hydrogen-bond acceptors (Lipinski definition) is 5. The molecule has 0 fully saturated rings. The highest BCUT2D eigenvalue weighted by Gasteiger charge is 2.37. The van der Waals surface area contributed by atoms with Gasteiger partial charge in [0.05, 0.1) is 0 Å². The topological polar surface area (TPSA) is 66.0 Å². The van der Waals surface area contributed by atoms with Gasteiger partial charge >= 0.3 is 0 Å². The van der Waals surface area contributed by atoms with E-state index in [0.717, 1.165) is 29.9 Å². The number of halogens is 6. The van der Waals surface area contributed by atoms with E-state index in [0.29, 0.717) is 13.0 Å². The molecule has 1 aromatic carbocycles. The van der Waals surface area contributed by atoms with Gasteiger partial charge in [0.1, 0.15) is 0 Å². The summed E-state index contributed by atoms with van der Waals surface area (Å²) in [6.45, 7) is 6.46. The molecule has 0 amide bonds. The summed E-state index contributed by atoms with van der Waals surface area (Å²) < 4.78 is -3.66. The van der Waals surface area contributed by atoms with Gasteiger partial charge in [0.25, 0.3) is 0 Å². The Bertz CT molecular complexity index is 787. The van der Waals surface area contributed by atoms with Crippen molar-refractivity contribution in [3.63, 3.8) is 0 Å². The summed E-state index contributed by atoms with van der Waals surface area (Å²) in [6, 6.07) is 6.19. The number of alkyl halides is 6. The number of benzene rings is 1. The lowest BCUT2D eigenvalue weighted by Crippen LogP contribution is -2.46. The fourth-order valence-electron chi connectivity index (χ4n) is 2.77. The molecule has 29 heavy (non-hydrogen) atoms. The Labute approximate surface area is 200 Å². The van der Waals surface area contributed by atoms with Crippen LogP contribution in [-0.4, -0.2) is 32.3 Å². The zero-order valence-electron chi connectivity index (χ0n) is 15.8. The molecule has 0 bridgehead atoms. The molecule has 0 saturated heterocycles. The highest BCUT2D eigenvalue weighted by molar-refractivity contribution is 6.79. The summed E-state index contributed by atoms with van der Waals surface area (Å²) >= 11 is 35.6. The third-order valence-electron chi connectivity index (χ3n) is 4.27. The number of anilines is 1. The Balaban J connectivity index is 2.36. The maximum atomic E-state index is 5.96. The van der Waals surface area contributed by atoms with Crippen LogP contribution in [0.2, 0.25) is 0 Å². The summed E-state index contributed by atoms with van der Waals surface area (Å²) in [5.41, 5.74) is 9.14. The molecule has 11 heteroatoms. The predicted molar refractivity (Wildman–Crippen MR) is 128 cm³/mol. The van der Waals surface area contributed by atoms with Crippen LogP contribution >= 0.6 is 69.6 Å². The van der Waals surface area contributed by atoms with E-state index in [9.17, 15) is 0 Å². The van der Waals surface area contributed by atoms with Crippen molar-refractivity contribution < 1.29 is 0 Å². The number of aliphatic imine (C=N–C) groups is 2. The molecule has 0 saturated carbocycles. The van der Waals surface area contributed by atoms with E-state index in [2.05, 4.69) is 46.2 Å². The van der Waals surface area contributed by atoms with Gasteiger partial charge in [-0.15, -0.1) is 0 Å². The Morgan fingerprint density at radius 1 is 0.966 bits per heavy atom. The van der Waals surface area contributed by atoms with Gasteiger partial charge in [-0.2, -0.15) is 0 Å². The van der Waals surface area contributed by atoms with E-state index < -0.39 is 7.59 Å². The average Bonchev–Trinajstić information content (AvgIpc) is 2.66. The average molecular weight is 520 g/mol. The summed E-state index contributed by atoms with van der Waals surface area (Å²) in [6.07, 6.45) is 2.27. The van der Waals surface area contributed by atoms with E-state index in [1.54, 1.807) is 6.08 Å². The minimum atomic E-state index is -1.83. The van der Waals surface area contributed by atoms with E-state index in [4.69, 9.17) is 75.3 Å². The first kappa shape index (κ1) is 24.9. The van der Waals surface area contributed by atoms with Crippen LogP contribution < -0.4 is 16.0 Å². The summed E-state index contributed by atoms with van der Waals surface area (Å²) in [7, 11) is 0. The number of rotatable bonds is 6. The first-order valence-electron chi connectivity index (χ1n) is 8.85. The highest BCUT2D eigenvalue weighted by atomic mass is 35.6. The van der Waals surface area contributed by atoms with E-state index in [-0.39, 0.29) is 17.5 Å². The molecule has 0 radical (unpaired) electrons. The normalized spacial score (nSPS) is 14.9. The summed E-state index contributed by atoms with van der Waals surface area (Å²) in [4.78, 5) is 10.7. The van der Waals surface area contributed by atoms with Gasteiger partial charge in [0.2, 0.25) is 7.59 Å². The Morgan fingerprint density at radius 2 is 1.52 bits per heavy atom. The van der Waals surface area contributed by atoms with Crippen LogP contribution in [-0.2, 0) is 13.0 Å². The van der Waals surface area contributed by atoms with Crippen molar-refractivity contribution in [3.05, 3.63) is 41.2 Å². The summed E-state index contributed by atoms with van der Waals surface area (Å²) in [5, 5.41) is 2.66. The number of hydrogen-bond donors (Lipinski definition) is 2. The lowest BCUT2D eigenvalue weighted by atomic mass is 10.0. The number of amidine groups is 2. The highest BCUT2D eigenvalue weighted by Crippen LogP contribution is 2.33. The summed E-state index contributed by atoms with van der Waals surface area (Å²) in [5.74, 6) is 0.268. The number of nitrogens with zero attached hydrogens (tertiary/aromatic N) is 3. The standard InChI is InChI=1S/C18H21Cl6N5/c1-3-29(4-2)13-7-5-11(12(9-13)10-25)6-8-14-26-15(17(19,20)21)28-16(27-14)18(22,23)24/h5,7-9H,3-4,6,10,25H2,1-2H3,(H,26,27,28). The van der Waals surface area contributed by atoms with Crippen LogP contribution in [0.5, 0.6) is 0 Å². The lowest BCUT2D eigenvalue weighted by molar-refractivity contribution is 0.862. The molecule has 5 nitrogen and oxygen atoms in total. The molecule has 0 aliphatic carbocycles. The molecule has 1 aliphatic rings. The number of allylic oxidation sites excluding steroid dienone is 1. The second-order valence-electron chi connectivity index (χ2n) is 6.14. The van der Waals surface area contributed by atoms with Gasteiger partial charge < -0.3 is 16.0 Å². The zero-order valence-corrected chi connectivity index (χ0v) is 20.4. The third-order valence-corrected chi connectivity index (χ3v) is 5.34. The maximum Gasteiger partial charge on any atom is 0.248 e. The van der Waals surface area contributed by atoms with Crippen molar-refractivity contribution in [2.75, 3.05) is 18.0 Å². The minimum Gasteiger partial charge on any atom is -0.372 e. The van der Waals surface area contributed by atoms with Crippen molar-refractivity contribution in [1.29, 1.82) is 0 Å². The first-order chi connectivity index (χ1) is 13.5. The molecule has 0 aromatic heterocycles. The second-order valence-corrected chi connectivity index (χ2v) is 10.7. The van der Waals surface area contributed by atoms with Crippen LogP contribution in [0, 0.1) is 0 Å². The lowest BCUT2D eigenvalue weighted by Gasteiger charge is -2.25. The zero-order chi connectivity index (χ0) is 21.8. The fraction of sp³-hybridized carbons (Fsp3) is 0.444. The molecule has 160 valence electrons. The second kappa shape index (κ2) is 10.3. The van der Waals surface area contributed by atoms with Gasteiger partial charge in [-0.1, -0.05) is 75.7 Å². The molecule has 2 rings (SSSR count).